The Balaban J connectivity index is 1.45. The van der Waals surface area contributed by atoms with Crippen molar-refractivity contribution in [3.8, 4) is 5.75 Å². The van der Waals surface area contributed by atoms with E-state index < -0.39 is 5.97 Å². The van der Waals surface area contributed by atoms with Gasteiger partial charge in [-0.25, -0.2) is 0 Å². The first-order valence-corrected chi connectivity index (χ1v) is 11.0. The molecule has 1 aliphatic carbocycles. The lowest BCUT2D eigenvalue weighted by atomic mass is 9.86. The number of aryl methyl sites for hydroxylation is 2. The van der Waals surface area contributed by atoms with E-state index in [9.17, 15) is 4.79 Å². The van der Waals surface area contributed by atoms with Crippen LogP contribution in [0.15, 0.2) is 54.1 Å². The van der Waals surface area contributed by atoms with Gasteiger partial charge in [0.25, 0.3) is 0 Å². The molecule has 0 bridgehead atoms. The second-order valence-corrected chi connectivity index (χ2v) is 7.87. The van der Waals surface area contributed by atoms with Gasteiger partial charge >= 0.3 is 5.97 Å². The van der Waals surface area contributed by atoms with Crippen molar-refractivity contribution in [2.24, 2.45) is 0 Å². The Morgan fingerprint density at radius 3 is 2.73 bits per heavy atom. The molecule has 0 radical (unpaired) electrons. The molecule has 1 aliphatic rings. The third-order valence-electron chi connectivity index (χ3n) is 5.61. The summed E-state index contributed by atoms with van der Waals surface area (Å²) in [4.78, 5) is 11.1. The molecule has 0 heterocycles. The number of benzene rings is 2. The predicted octanol–water partition coefficient (Wildman–Crippen LogP) is 5.48. The first-order chi connectivity index (χ1) is 14.7. The van der Waals surface area contributed by atoms with Crippen molar-refractivity contribution in [1.82, 2.24) is 5.32 Å². The van der Waals surface area contributed by atoms with Gasteiger partial charge in [-0.3, -0.25) is 4.79 Å². The maximum absolute atomic E-state index is 11.1. The molecular weight excluding hydrogens is 398 g/mol. The summed E-state index contributed by atoms with van der Waals surface area (Å²) in [5.74, 6) is 0.555. The SMILES string of the molecule is CC1=C(CNCCC(=O)OCl)CCc2cc(OCCCCc3ccccc3)ccc21. The zero-order valence-electron chi connectivity index (χ0n) is 17.6. The van der Waals surface area contributed by atoms with Crippen molar-refractivity contribution >= 4 is 23.4 Å². The van der Waals surface area contributed by atoms with Gasteiger partial charge in [0.1, 0.15) is 17.6 Å². The molecule has 3 rings (SSSR count). The standard InChI is InChI=1S/C25H30ClNO3/c1-19-22(18-27-15-14-25(28)30-26)11-10-21-17-23(12-13-24(19)21)29-16-6-5-9-20-7-3-2-4-8-20/h2-4,7-8,12-13,17,27H,5-6,9-11,14-16,18H2,1H3. The summed E-state index contributed by atoms with van der Waals surface area (Å²) < 4.78 is 10.2. The van der Waals surface area contributed by atoms with Crippen LogP contribution < -0.4 is 10.1 Å². The number of carbonyl (C=O) groups excluding carboxylic acids is 1. The molecule has 2 aromatic rings. The maximum Gasteiger partial charge on any atom is 0.326 e. The van der Waals surface area contributed by atoms with Crippen molar-refractivity contribution < 1.29 is 13.8 Å². The summed E-state index contributed by atoms with van der Waals surface area (Å²) in [5.41, 5.74) is 6.74. The Morgan fingerprint density at radius 1 is 1.10 bits per heavy atom. The number of rotatable bonds is 11. The smallest absolute Gasteiger partial charge is 0.326 e. The molecule has 0 saturated carbocycles. The normalized spacial score (nSPS) is 13.1. The predicted molar refractivity (Wildman–Crippen MR) is 122 cm³/mol. The van der Waals surface area contributed by atoms with E-state index in [1.54, 1.807) is 0 Å². The quantitative estimate of drug-likeness (QED) is 0.482. The van der Waals surface area contributed by atoms with Crippen LogP contribution in [0.3, 0.4) is 0 Å². The molecule has 2 aromatic carbocycles. The number of unbranched alkanes of at least 4 members (excludes halogenated alkanes) is 1. The van der Waals surface area contributed by atoms with E-state index in [1.165, 1.54) is 27.8 Å². The number of ether oxygens (including phenoxy) is 1. The van der Waals surface area contributed by atoms with Crippen LogP contribution in [0.4, 0.5) is 0 Å². The van der Waals surface area contributed by atoms with Crippen LogP contribution in [0.25, 0.3) is 5.57 Å². The lowest BCUT2D eigenvalue weighted by molar-refractivity contribution is -0.133. The van der Waals surface area contributed by atoms with Gasteiger partial charge in [0.2, 0.25) is 0 Å². The highest BCUT2D eigenvalue weighted by atomic mass is 35.5. The van der Waals surface area contributed by atoms with Gasteiger partial charge < -0.3 is 14.3 Å². The summed E-state index contributed by atoms with van der Waals surface area (Å²) in [6, 6.07) is 17.0. The minimum Gasteiger partial charge on any atom is -0.494 e. The van der Waals surface area contributed by atoms with Crippen molar-refractivity contribution in [1.29, 1.82) is 0 Å². The van der Waals surface area contributed by atoms with E-state index in [1.807, 2.05) is 0 Å². The van der Waals surface area contributed by atoms with Gasteiger partial charge in [-0.1, -0.05) is 42.0 Å². The van der Waals surface area contributed by atoms with Crippen LogP contribution in [0.1, 0.15) is 49.3 Å². The van der Waals surface area contributed by atoms with Crippen LogP contribution in [-0.2, 0) is 21.9 Å². The molecule has 0 aromatic heterocycles. The van der Waals surface area contributed by atoms with Gasteiger partial charge in [-0.15, -0.1) is 0 Å². The second kappa shape index (κ2) is 11.8. The first kappa shape index (κ1) is 22.4. The van der Waals surface area contributed by atoms with Crippen LogP contribution >= 0.6 is 11.9 Å². The lowest BCUT2D eigenvalue weighted by Crippen LogP contribution is -2.22. The summed E-state index contributed by atoms with van der Waals surface area (Å²) in [7, 11) is 0. The summed E-state index contributed by atoms with van der Waals surface area (Å²) in [6.45, 7) is 4.26. The van der Waals surface area contributed by atoms with Crippen LogP contribution in [0.5, 0.6) is 5.75 Å². The Bertz CT molecular complexity index is 864. The van der Waals surface area contributed by atoms with E-state index in [2.05, 4.69) is 65.1 Å². The molecule has 30 heavy (non-hydrogen) atoms. The monoisotopic (exact) mass is 427 g/mol. The lowest BCUT2D eigenvalue weighted by Gasteiger charge is -2.22. The zero-order valence-corrected chi connectivity index (χ0v) is 18.3. The second-order valence-electron chi connectivity index (χ2n) is 7.71. The van der Waals surface area contributed by atoms with Gasteiger partial charge in [0.15, 0.2) is 0 Å². The zero-order chi connectivity index (χ0) is 21.2. The summed E-state index contributed by atoms with van der Waals surface area (Å²) >= 11 is 5.05. The number of allylic oxidation sites excluding steroid dienone is 1. The van der Waals surface area contributed by atoms with Gasteiger partial charge in [-0.2, -0.15) is 0 Å². The number of fused-ring (bicyclic) bond motifs is 1. The molecule has 0 fully saturated rings. The minimum absolute atomic E-state index is 0.276. The number of hydrogen-bond acceptors (Lipinski definition) is 4. The average Bonchev–Trinajstić information content (AvgIpc) is 2.78. The molecule has 0 saturated heterocycles. The van der Waals surface area contributed by atoms with E-state index in [0.29, 0.717) is 6.54 Å². The van der Waals surface area contributed by atoms with Gasteiger partial charge in [0, 0.05) is 13.1 Å². The highest BCUT2D eigenvalue weighted by molar-refractivity contribution is 6.13. The Hall–Kier alpha value is -2.30. The van der Waals surface area contributed by atoms with Crippen LogP contribution in [-0.4, -0.2) is 25.7 Å². The molecule has 0 atom stereocenters. The third kappa shape index (κ3) is 6.61. The molecule has 5 heteroatoms. The molecule has 0 aliphatic heterocycles. The van der Waals surface area contributed by atoms with E-state index in [4.69, 9.17) is 16.6 Å². The highest BCUT2D eigenvalue weighted by Gasteiger charge is 2.16. The Labute approximate surface area is 184 Å². The topological polar surface area (TPSA) is 47.6 Å². The molecule has 4 nitrogen and oxygen atoms in total. The van der Waals surface area contributed by atoms with Crippen molar-refractivity contribution in [3.05, 3.63) is 70.8 Å². The largest absolute Gasteiger partial charge is 0.494 e. The van der Waals surface area contributed by atoms with Crippen LogP contribution in [0, 0.1) is 0 Å². The van der Waals surface area contributed by atoms with Gasteiger partial charge in [-0.05, 0) is 73.4 Å². The molecule has 0 amide bonds. The fourth-order valence-electron chi connectivity index (χ4n) is 3.85. The van der Waals surface area contributed by atoms with E-state index in [-0.39, 0.29) is 6.42 Å². The third-order valence-corrected chi connectivity index (χ3v) is 5.78. The fourth-order valence-corrected chi connectivity index (χ4v) is 3.93. The highest BCUT2D eigenvalue weighted by Crippen LogP contribution is 2.33. The van der Waals surface area contributed by atoms with E-state index in [0.717, 1.165) is 51.0 Å². The Kier molecular flexibility index (Phi) is 8.79. The first-order valence-electron chi connectivity index (χ1n) is 10.7. The molecule has 0 spiro atoms. The average molecular weight is 428 g/mol. The summed E-state index contributed by atoms with van der Waals surface area (Å²) in [5, 5.41) is 3.30. The number of carbonyl (C=O) groups is 1. The van der Waals surface area contributed by atoms with E-state index >= 15 is 0 Å². The van der Waals surface area contributed by atoms with Gasteiger partial charge in [0.05, 0.1) is 13.0 Å². The number of hydrogen-bond donors (Lipinski definition) is 1. The molecule has 0 unspecified atom stereocenters. The molecule has 160 valence electrons. The number of halogens is 1. The molecular formula is C25H30ClNO3. The van der Waals surface area contributed by atoms with Crippen molar-refractivity contribution in [2.75, 3.05) is 19.7 Å². The fraction of sp³-hybridized carbons (Fsp3) is 0.400. The summed E-state index contributed by atoms with van der Waals surface area (Å²) in [6.07, 6.45) is 5.60. The molecule has 1 N–H and O–H groups in total. The van der Waals surface area contributed by atoms with Crippen molar-refractivity contribution in [2.45, 2.75) is 45.4 Å². The maximum atomic E-state index is 11.1. The number of nitrogens with one attached hydrogen (secondary N) is 1. The minimum atomic E-state index is -0.406. The Morgan fingerprint density at radius 2 is 1.93 bits per heavy atom. The van der Waals surface area contributed by atoms with Crippen molar-refractivity contribution in [3.63, 3.8) is 0 Å². The van der Waals surface area contributed by atoms with Crippen LogP contribution in [0.2, 0.25) is 0 Å².